The van der Waals surface area contributed by atoms with Crippen molar-refractivity contribution in [3.8, 4) is 11.5 Å². The van der Waals surface area contributed by atoms with Gasteiger partial charge in [-0.25, -0.2) is 0 Å². The third-order valence-electron chi connectivity index (χ3n) is 2.78. The highest BCUT2D eigenvalue weighted by Crippen LogP contribution is 2.28. The van der Waals surface area contributed by atoms with E-state index in [1.54, 1.807) is 6.07 Å². The highest BCUT2D eigenvalue weighted by Gasteiger charge is 2.05. The van der Waals surface area contributed by atoms with Crippen molar-refractivity contribution < 1.29 is 4.74 Å². The average molecular weight is 262 g/mol. The monoisotopic (exact) mass is 261 g/mol. The fourth-order valence-corrected chi connectivity index (χ4v) is 1.91. The third-order valence-corrected chi connectivity index (χ3v) is 3.02. The van der Waals surface area contributed by atoms with E-state index in [4.69, 9.17) is 22.1 Å². The first-order valence-electron chi connectivity index (χ1n) is 5.98. The molecular weight excluding hydrogens is 246 g/mol. The summed E-state index contributed by atoms with van der Waals surface area (Å²) < 4.78 is 5.86. The van der Waals surface area contributed by atoms with Crippen molar-refractivity contribution in [2.45, 2.75) is 19.9 Å². The first-order chi connectivity index (χ1) is 8.72. The minimum Gasteiger partial charge on any atom is -0.457 e. The molecular formula is C15H16ClNO. The summed E-state index contributed by atoms with van der Waals surface area (Å²) >= 11 is 5.98. The molecule has 0 radical (unpaired) electrons. The Labute approximate surface area is 112 Å². The van der Waals surface area contributed by atoms with E-state index in [0.29, 0.717) is 11.6 Å². The van der Waals surface area contributed by atoms with Gasteiger partial charge in [-0.05, 0) is 36.2 Å². The van der Waals surface area contributed by atoms with Gasteiger partial charge in [-0.15, -0.1) is 0 Å². The number of ether oxygens (including phenoxy) is 1. The largest absolute Gasteiger partial charge is 0.457 e. The van der Waals surface area contributed by atoms with Gasteiger partial charge in [0.2, 0.25) is 0 Å². The maximum Gasteiger partial charge on any atom is 0.133 e. The Morgan fingerprint density at radius 2 is 2.00 bits per heavy atom. The molecule has 0 aromatic heterocycles. The van der Waals surface area contributed by atoms with Crippen LogP contribution in [0, 0.1) is 0 Å². The lowest BCUT2D eigenvalue weighted by Gasteiger charge is -2.11. The molecule has 0 saturated carbocycles. The van der Waals surface area contributed by atoms with E-state index < -0.39 is 0 Å². The van der Waals surface area contributed by atoms with Crippen LogP contribution in [0.25, 0.3) is 0 Å². The Balaban J connectivity index is 2.29. The minimum atomic E-state index is 0.431. The lowest BCUT2D eigenvalue weighted by Crippen LogP contribution is -1.99. The fourth-order valence-electron chi connectivity index (χ4n) is 1.75. The van der Waals surface area contributed by atoms with Crippen molar-refractivity contribution in [3.63, 3.8) is 0 Å². The van der Waals surface area contributed by atoms with Gasteiger partial charge in [-0.3, -0.25) is 0 Å². The lowest BCUT2D eigenvalue weighted by molar-refractivity contribution is 0.476. The zero-order chi connectivity index (χ0) is 13.0. The smallest absolute Gasteiger partial charge is 0.133 e. The molecule has 3 heteroatoms. The molecule has 0 spiro atoms. The molecule has 0 heterocycles. The van der Waals surface area contributed by atoms with Crippen molar-refractivity contribution in [3.05, 3.63) is 58.6 Å². The van der Waals surface area contributed by atoms with E-state index in [1.807, 2.05) is 30.3 Å². The summed E-state index contributed by atoms with van der Waals surface area (Å²) in [7, 11) is 0. The van der Waals surface area contributed by atoms with Crippen molar-refractivity contribution in [1.82, 2.24) is 0 Å². The average Bonchev–Trinajstić information content (AvgIpc) is 2.39. The standard InChI is InChI=1S/C15H16ClNO/c1-2-11-4-3-5-14(8-11)18-15-9-13(16)7-6-12(15)10-17/h3-9H,2,10,17H2,1H3. The minimum absolute atomic E-state index is 0.431. The Hall–Kier alpha value is -1.51. The first kappa shape index (κ1) is 12.9. The third kappa shape index (κ3) is 3.03. The van der Waals surface area contributed by atoms with Crippen LogP contribution in [-0.4, -0.2) is 0 Å². The second kappa shape index (κ2) is 5.89. The summed E-state index contributed by atoms with van der Waals surface area (Å²) in [6, 6.07) is 13.5. The van der Waals surface area contributed by atoms with Crippen LogP contribution in [0.3, 0.4) is 0 Å². The fraction of sp³-hybridized carbons (Fsp3) is 0.200. The lowest BCUT2D eigenvalue weighted by atomic mass is 10.1. The Bertz CT molecular complexity index is 540. The van der Waals surface area contributed by atoms with E-state index in [0.717, 1.165) is 23.5 Å². The van der Waals surface area contributed by atoms with E-state index in [2.05, 4.69) is 13.0 Å². The molecule has 2 N–H and O–H groups in total. The van der Waals surface area contributed by atoms with Gasteiger partial charge in [0.25, 0.3) is 0 Å². The quantitative estimate of drug-likeness (QED) is 0.897. The van der Waals surface area contributed by atoms with Gasteiger partial charge in [0.15, 0.2) is 0 Å². The molecule has 2 nitrogen and oxygen atoms in total. The predicted molar refractivity (Wildman–Crippen MR) is 75.2 cm³/mol. The van der Waals surface area contributed by atoms with Crippen LogP contribution >= 0.6 is 11.6 Å². The number of rotatable bonds is 4. The zero-order valence-electron chi connectivity index (χ0n) is 10.3. The molecule has 0 amide bonds. The normalized spacial score (nSPS) is 10.4. The molecule has 2 aromatic rings. The molecule has 0 bridgehead atoms. The predicted octanol–water partition coefficient (Wildman–Crippen LogP) is 4.15. The van der Waals surface area contributed by atoms with Crippen LogP contribution in [0.5, 0.6) is 11.5 Å². The summed E-state index contributed by atoms with van der Waals surface area (Å²) in [6.07, 6.45) is 0.983. The van der Waals surface area contributed by atoms with Crippen LogP contribution in [0.2, 0.25) is 5.02 Å². The van der Waals surface area contributed by atoms with Crippen LogP contribution < -0.4 is 10.5 Å². The number of halogens is 1. The van der Waals surface area contributed by atoms with Gasteiger partial charge in [0, 0.05) is 17.1 Å². The molecule has 0 aliphatic carbocycles. The second-order valence-electron chi connectivity index (χ2n) is 4.06. The maximum atomic E-state index is 5.98. The molecule has 0 atom stereocenters. The highest BCUT2D eigenvalue weighted by molar-refractivity contribution is 6.30. The Morgan fingerprint density at radius 3 is 2.72 bits per heavy atom. The molecule has 94 valence electrons. The molecule has 2 rings (SSSR count). The van der Waals surface area contributed by atoms with Gasteiger partial charge in [0.1, 0.15) is 11.5 Å². The van der Waals surface area contributed by atoms with Crippen LogP contribution in [0.15, 0.2) is 42.5 Å². The summed E-state index contributed by atoms with van der Waals surface area (Å²) in [6.45, 7) is 2.55. The van der Waals surface area contributed by atoms with E-state index in [1.165, 1.54) is 5.56 Å². The van der Waals surface area contributed by atoms with Gasteiger partial charge in [0.05, 0.1) is 0 Å². The van der Waals surface area contributed by atoms with Gasteiger partial charge >= 0.3 is 0 Å². The number of aryl methyl sites for hydroxylation is 1. The van der Waals surface area contributed by atoms with Crippen molar-refractivity contribution >= 4 is 11.6 Å². The topological polar surface area (TPSA) is 35.2 Å². The summed E-state index contributed by atoms with van der Waals surface area (Å²) in [5.74, 6) is 1.53. The number of nitrogens with two attached hydrogens (primary N) is 1. The summed E-state index contributed by atoms with van der Waals surface area (Å²) in [5, 5.41) is 0.647. The van der Waals surface area contributed by atoms with Gasteiger partial charge in [-0.2, -0.15) is 0 Å². The number of hydrogen-bond donors (Lipinski definition) is 1. The van der Waals surface area contributed by atoms with E-state index in [-0.39, 0.29) is 0 Å². The molecule has 0 fully saturated rings. The van der Waals surface area contributed by atoms with Crippen LogP contribution in [0.1, 0.15) is 18.1 Å². The van der Waals surface area contributed by atoms with Crippen molar-refractivity contribution in [2.75, 3.05) is 0 Å². The summed E-state index contributed by atoms with van der Waals surface area (Å²) in [5.41, 5.74) is 7.87. The van der Waals surface area contributed by atoms with E-state index in [9.17, 15) is 0 Å². The highest BCUT2D eigenvalue weighted by atomic mass is 35.5. The van der Waals surface area contributed by atoms with Crippen LogP contribution in [-0.2, 0) is 13.0 Å². The number of benzene rings is 2. The van der Waals surface area contributed by atoms with Crippen molar-refractivity contribution in [2.24, 2.45) is 5.73 Å². The molecule has 0 unspecified atom stereocenters. The van der Waals surface area contributed by atoms with Gasteiger partial charge in [-0.1, -0.05) is 36.7 Å². The maximum absolute atomic E-state index is 5.98. The van der Waals surface area contributed by atoms with Gasteiger partial charge < -0.3 is 10.5 Å². The molecule has 2 aromatic carbocycles. The molecule has 18 heavy (non-hydrogen) atoms. The first-order valence-corrected chi connectivity index (χ1v) is 6.36. The van der Waals surface area contributed by atoms with Crippen molar-refractivity contribution in [1.29, 1.82) is 0 Å². The van der Waals surface area contributed by atoms with Crippen LogP contribution in [0.4, 0.5) is 0 Å². The Morgan fingerprint density at radius 1 is 1.17 bits per heavy atom. The van der Waals surface area contributed by atoms with E-state index >= 15 is 0 Å². The molecule has 0 aliphatic rings. The Kier molecular flexibility index (Phi) is 4.24. The summed E-state index contributed by atoms with van der Waals surface area (Å²) in [4.78, 5) is 0. The second-order valence-corrected chi connectivity index (χ2v) is 4.50. The molecule has 0 saturated heterocycles. The SMILES string of the molecule is CCc1cccc(Oc2cc(Cl)ccc2CN)c1. The zero-order valence-corrected chi connectivity index (χ0v) is 11.1. The number of hydrogen-bond acceptors (Lipinski definition) is 2. The molecule has 0 aliphatic heterocycles.